The smallest absolute Gasteiger partial charge is 0.0224 e. The molecule has 0 amide bonds. The van der Waals surface area contributed by atoms with E-state index in [0.717, 1.165) is 12.1 Å². The summed E-state index contributed by atoms with van der Waals surface area (Å²) >= 11 is 0. The largest absolute Gasteiger partial charge is 0.298 e. The van der Waals surface area contributed by atoms with Gasteiger partial charge in [-0.1, -0.05) is 11.6 Å². The van der Waals surface area contributed by atoms with Crippen LogP contribution in [0.2, 0.25) is 0 Å². The number of hydrogen-bond donors (Lipinski definition) is 0. The van der Waals surface area contributed by atoms with Gasteiger partial charge in [-0.3, -0.25) is 9.80 Å². The molecule has 0 aromatic carbocycles. The Kier molecular flexibility index (Phi) is 4.05. The molecule has 0 aromatic heterocycles. The van der Waals surface area contributed by atoms with Crippen molar-refractivity contribution in [3.05, 3.63) is 11.6 Å². The second kappa shape index (κ2) is 5.75. The van der Waals surface area contributed by atoms with Gasteiger partial charge in [-0.2, -0.15) is 0 Å². The zero-order chi connectivity index (χ0) is 12.4. The van der Waals surface area contributed by atoms with Gasteiger partial charge < -0.3 is 0 Å². The summed E-state index contributed by atoms with van der Waals surface area (Å²) in [6.07, 6.45) is 12.3. The Morgan fingerprint density at radius 1 is 1.22 bits per heavy atom. The van der Waals surface area contributed by atoms with Crippen molar-refractivity contribution in [2.75, 3.05) is 26.2 Å². The highest BCUT2D eigenvalue weighted by molar-refractivity contribution is 5.05. The maximum absolute atomic E-state index is 2.75. The van der Waals surface area contributed by atoms with Crippen LogP contribution in [0, 0.1) is 0 Å². The van der Waals surface area contributed by atoms with Crippen LogP contribution >= 0.6 is 0 Å². The molecule has 0 saturated carbocycles. The number of fused-ring (bicyclic) bond motifs is 1. The Balaban J connectivity index is 1.51. The molecule has 2 heteroatoms. The molecule has 2 saturated heterocycles. The Labute approximate surface area is 112 Å². The number of piperazine rings is 1. The number of rotatable bonds is 3. The molecule has 3 aliphatic rings. The SMILES string of the molecule is CC1CN2CCCC2CN1CCC1=CCCCC1. The molecule has 0 spiro atoms. The lowest BCUT2D eigenvalue weighted by atomic mass is 9.96. The Morgan fingerprint density at radius 3 is 3.00 bits per heavy atom. The lowest BCUT2D eigenvalue weighted by Gasteiger charge is -2.42. The molecule has 0 N–H and O–H groups in total. The number of hydrogen-bond acceptors (Lipinski definition) is 2. The van der Waals surface area contributed by atoms with Crippen molar-refractivity contribution in [3.63, 3.8) is 0 Å². The molecular weight excluding hydrogens is 220 g/mol. The molecule has 0 aromatic rings. The van der Waals surface area contributed by atoms with Gasteiger partial charge in [0.1, 0.15) is 0 Å². The first-order valence-corrected chi connectivity index (χ1v) is 7.99. The maximum Gasteiger partial charge on any atom is 0.0224 e. The van der Waals surface area contributed by atoms with Crippen LogP contribution in [-0.2, 0) is 0 Å². The van der Waals surface area contributed by atoms with Crippen molar-refractivity contribution in [3.8, 4) is 0 Å². The van der Waals surface area contributed by atoms with E-state index in [2.05, 4.69) is 22.8 Å². The average Bonchev–Trinajstić information content (AvgIpc) is 2.84. The van der Waals surface area contributed by atoms with E-state index in [9.17, 15) is 0 Å². The summed E-state index contributed by atoms with van der Waals surface area (Å²) < 4.78 is 0. The van der Waals surface area contributed by atoms with Crippen LogP contribution < -0.4 is 0 Å². The standard InChI is InChI=1S/C16H28N2/c1-14-12-18-10-5-8-16(18)13-17(14)11-9-15-6-3-2-4-7-15/h6,14,16H,2-5,7-13H2,1H3. The minimum absolute atomic E-state index is 0.767. The van der Waals surface area contributed by atoms with E-state index < -0.39 is 0 Å². The summed E-state index contributed by atoms with van der Waals surface area (Å²) in [5, 5.41) is 0. The fourth-order valence-corrected chi connectivity index (χ4v) is 3.98. The van der Waals surface area contributed by atoms with Gasteiger partial charge in [0.25, 0.3) is 0 Å². The molecule has 2 fully saturated rings. The highest BCUT2D eigenvalue weighted by atomic mass is 15.3. The van der Waals surface area contributed by atoms with Gasteiger partial charge in [0.05, 0.1) is 0 Å². The monoisotopic (exact) mass is 248 g/mol. The first-order chi connectivity index (χ1) is 8.83. The van der Waals surface area contributed by atoms with Crippen molar-refractivity contribution in [1.29, 1.82) is 0 Å². The first-order valence-electron chi connectivity index (χ1n) is 7.99. The second-order valence-corrected chi connectivity index (χ2v) is 6.49. The normalized spacial score (nSPS) is 34.4. The van der Waals surface area contributed by atoms with Crippen molar-refractivity contribution in [2.24, 2.45) is 0 Å². The van der Waals surface area contributed by atoms with E-state index in [4.69, 9.17) is 0 Å². The van der Waals surface area contributed by atoms with Gasteiger partial charge in [0, 0.05) is 31.7 Å². The zero-order valence-corrected chi connectivity index (χ0v) is 11.9. The molecule has 1 aliphatic carbocycles. The average molecular weight is 248 g/mol. The van der Waals surface area contributed by atoms with Gasteiger partial charge in [-0.05, 0) is 58.4 Å². The summed E-state index contributed by atoms with van der Waals surface area (Å²) in [5.41, 5.74) is 1.74. The van der Waals surface area contributed by atoms with Crippen molar-refractivity contribution >= 4 is 0 Å². The topological polar surface area (TPSA) is 6.48 Å². The highest BCUT2D eigenvalue weighted by Crippen LogP contribution is 2.26. The maximum atomic E-state index is 2.75. The molecule has 18 heavy (non-hydrogen) atoms. The van der Waals surface area contributed by atoms with Gasteiger partial charge in [0.2, 0.25) is 0 Å². The van der Waals surface area contributed by atoms with Crippen LogP contribution in [0.5, 0.6) is 0 Å². The third-order valence-corrected chi connectivity index (χ3v) is 5.17. The predicted octanol–water partition coefficient (Wildman–Crippen LogP) is 3.05. The van der Waals surface area contributed by atoms with Crippen LogP contribution in [0.4, 0.5) is 0 Å². The minimum Gasteiger partial charge on any atom is -0.298 e. The molecule has 2 unspecified atom stereocenters. The van der Waals surface area contributed by atoms with E-state index >= 15 is 0 Å². The Hall–Kier alpha value is -0.340. The third kappa shape index (κ3) is 2.80. The summed E-state index contributed by atoms with van der Waals surface area (Å²) in [6.45, 7) is 7.72. The number of allylic oxidation sites excluding steroid dienone is 1. The first kappa shape index (κ1) is 12.7. The van der Waals surface area contributed by atoms with Gasteiger partial charge in [-0.25, -0.2) is 0 Å². The van der Waals surface area contributed by atoms with Crippen molar-refractivity contribution < 1.29 is 0 Å². The van der Waals surface area contributed by atoms with E-state index in [1.165, 1.54) is 71.1 Å². The fraction of sp³-hybridized carbons (Fsp3) is 0.875. The van der Waals surface area contributed by atoms with Crippen molar-refractivity contribution in [1.82, 2.24) is 9.80 Å². The molecule has 0 radical (unpaired) electrons. The van der Waals surface area contributed by atoms with E-state index in [1.807, 2.05) is 0 Å². The summed E-state index contributed by atoms with van der Waals surface area (Å²) in [5.74, 6) is 0. The Bertz CT molecular complexity index is 310. The van der Waals surface area contributed by atoms with E-state index in [1.54, 1.807) is 5.57 Å². The molecule has 102 valence electrons. The zero-order valence-electron chi connectivity index (χ0n) is 11.9. The molecular formula is C16H28N2. The van der Waals surface area contributed by atoms with Gasteiger partial charge in [0.15, 0.2) is 0 Å². The van der Waals surface area contributed by atoms with Crippen LogP contribution in [-0.4, -0.2) is 48.1 Å². The quantitative estimate of drug-likeness (QED) is 0.708. The lowest BCUT2D eigenvalue weighted by Crippen LogP contribution is -2.55. The molecule has 2 atom stereocenters. The van der Waals surface area contributed by atoms with Crippen LogP contribution in [0.1, 0.15) is 51.9 Å². The molecule has 0 bridgehead atoms. The van der Waals surface area contributed by atoms with Gasteiger partial charge >= 0.3 is 0 Å². The van der Waals surface area contributed by atoms with Gasteiger partial charge in [-0.15, -0.1) is 0 Å². The Morgan fingerprint density at radius 2 is 2.17 bits per heavy atom. The predicted molar refractivity (Wildman–Crippen MR) is 76.8 cm³/mol. The van der Waals surface area contributed by atoms with E-state index in [-0.39, 0.29) is 0 Å². The molecule has 2 nitrogen and oxygen atoms in total. The summed E-state index contributed by atoms with van der Waals surface area (Å²) in [6, 6.07) is 1.64. The van der Waals surface area contributed by atoms with Crippen LogP contribution in [0.25, 0.3) is 0 Å². The lowest BCUT2D eigenvalue weighted by molar-refractivity contribution is 0.0603. The highest BCUT2D eigenvalue weighted by Gasteiger charge is 2.33. The van der Waals surface area contributed by atoms with Crippen LogP contribution in [0.15, 0.2) is 11.6 Å². The fourth-order valence-electron chi connectivity index (χ4n) is 3.98. The summed E-state index contributed by atoms with van der Waals surface area (Å²) in [4.78, 5) is 5.48. The molecule has 3 rings (SSSR count). The second-order valence-electron chi connectivity index (χ2n) is 6.49. The molecule has 2 aliphatic heterocycles. The third-order valence-electron chi connectivity index (χ3n) is 5.17. The molecule has 2 heterocycles. The van der Waals surface area contributed by atoms with Crippen molar-refractivity contribution in [2.45, 2.75) is 64.0 Å². The number of nitrogens with zero attached hydrogens (tertiary/aromatic N) is 2. The van der Waals surface area contributed by atoms with E-state index in [0.29, 0.717) is 0 Å². The van der Waals surface area contributed by atoms with Crippen LogP contribution in [0.3, 0.4) is 0 Å². The summed E-state index contributed by atoms with van der Waals surface area (Å²) in [7, 11) is 0. The minimum atomic E-state index is 0.767.